The first-order valence-corrected chi connectivity index (χ1v) is 10.1. The Hall–Kier alpha value is -2.29. The number of rotatable bonds is 4. The highest BCUT2D eigenvalue weighted by Gasteiger charge is 2.39. The lowest BCUT2D eigenvalue weighted by Crippen LogP contribution is -2.52. The number of nitrogens with zero attached hydrogens (tertiary/aromatic N) is 1. The molecular formula is C21H28N4O4. The van der Waals surface area contributed by atoms with E-state index in [1.165, 1.54) is 0 Å². The summed E-state index contributed by atoms with van der Waals surface area (Å²) in [5.41, 5.74) is 2.63. The van der Waals surface area contributed by atoms with Gasteiger partial charge < -0.3 is 20.3 Å². The lowest BCUT2D eigenvalue weighted by atomic mass is 10.0. The molecule has 2 atom stereocenters. The van der Waals surface area contributed by atoms with Crippen molar-refractivity contribution in [1.82, 2.24) is 20.9 Å². The average Bonchev–Trinajstić information content (AvgIpc) is 2.88. The summed E-state index contributed by atoms with van der Waals surface area (Å²) in [7, 11) is 0. The number of fused-ring (bicyclic) bond motifs is 1. The van der Waals surface area contributed by atoms with Gasteiger partial charge in [-0.05, 0) is 37.5 Å². The highest BCUT2D eigenvalue weighted by molar-refractivity contribution is 6.05. The SMILES string of the molecule is CC1(C)COCC(NCc2ccc3c(c2)CN(C2CCC(=O)NC2=O)C3=O)CN1. The molecule has 0 saturated carbocycles. The molecule has 4 rings (SSSR count). The molecule has 0 bridgehead atoms. The first kappa shape index (κ1) is 20.0. The van der Waals surface area contributed by atoms with Gasteiger partial charge in [0.05, 0.1) is 13.2 Å². The summed E-state index contributed by atoms with van der Waals surface area (Å²) in [6, 6.07) is 5.46. The number of hydrogen-bond donors (Lipinski definition) is 3. The quantitative estimate of drug-likeness (QED) is 0.629. The number of benzene rings is 1. The van der Waals surface area contributed by atoms with Gasteiger partial charge in [-0.15, -0.1) is 0 Å². The Morgan fingerprint density at radius 2 is 2.10 bits per heavy atom. The van der Waals surface area contributed by atoms with Crippen molar-refractivity contribution in [2.45, 2.75) is 57.4 Å². The van der Waals surface area contributed by atoms with Gasteiger partial charge in [-0.3, -0.25) is 19.7 Å². The van der Waals surface area contributed by atoms with Crippen molar-refractivity contribution in [2.75, 3.05) is 19.8 Å². The summed E-state index contributed by atoms with van der Waals surface area (Å²) in [5, 5.41) is 9.35. The van der Waals surface area contributed by atoms with E-state index in [1.807, 2.05) is 18.2 Å². The van der Waals surface area contributed by atoms with Gasteiger partial charge in [0.1, 0.15) is 6.04 Å². The number of ether oxygens (including phenoxy) is 1. The molecule has 2 fully saturated rings. The number of carbonyl (C=O) groups excluding carboxylic acids is 3. The van der Waals surface area contributed by atoms with Crippen molar-refractivity contribution in [1.29, 1.82) is 0 Å². The molecular weight excluding hydrogens is 372 g/mol. The van der Waals surface area contributed by atoms with Crippen LogP contribution >= 0.6 is 0 Å². The molecule has 3 N–H and O–H groups in total. The van der Waals surface area contributed by atoms with Gasteiger partial charge >= 0.3 is 0 Å². The molecule has 0 spiro atoms. The Labute approximate surface area is 170 Å². The third kappa shape index (κ3) is 4.34. The van der Waals surface area contributed by atoms with Crippen LogP contribution in [-0.2, 0) is 27.4 Å². The van der Waals surface area contributed by atoms with E-state index in [9.17, 15) is 14.4 Å². The molecule has 1 aromatic carbocycles. The lowest BCUT2D eigenvalue weighted by Gasteiger charge is -2.29. The zero-order valence-electron chi connectivity index (χ0n) is 16.9. The van der Waals surface area contributed by atoms with E-state index in [1.54, 1.807) is 4.90 Å². The van der Waals surface area contributed by atoms with Crippen LogP contribution in [0.1, 0.15) is 48.2 Å². The molecule has 29 heavy (non-hydrogen) atoms. The molecule has 1 aromatic rings. The highest BCUT2D eigenvalue weighted by Crippen LogP contribution is 2.28. The molecule has 0 aliphatic carbocycles. The Bertz CT molecular complexity index is 838. The van der Waals surface area contributed by atoms with Crippen LogP contribution in [-0.4, -0.2) is 60.0 Å². The fourth-order valence-electron chi connectivity index (χ4n) is 4.10. The van der Waals surface area contributed by atoms with Gasteiger partial charge in [0.15, 0.2) is 0 Å². The maximum Gasteiger partial charge on any atom is 0.255 e. The van der Waals surface area contributed by atoms with Crippen molar-refractivity contribution in [3.63, 3.8) is 0 Å². The predicted molar refractivity (Wildman–Crippen MR) is 106 cm³/mol. The summed E-state index contributed by atoms with van der Waals surface area (Å²) in [6.45, 7) is 7.50. The fraction of sp³-hybridized carbons (Fsp3) is 0.571. The van der Waals surface area contributed by atoms with E-state index in [0.29, 0.717) is 38.3 Å². The van der Waals surface area contributed by atoms with Crippen molar-refractivity contribution >= 4 is 17.7 Å². The highest BCUT2D eigenvalue weighted by atomic mass is 16.5. The predicted octanol–water partition coefficient (Wildman–Crippen LogP) is 0.304. The summed E-state index contributed by atoms with van der Waals surface area (Å²) >= 11 is 0. The molecule has 3 aliphatic heterocycles. The van der Waals surface area contributed by atoms with Crippen LogP contribution in [0.25, 0.3) is 0 Å². The monoisotopic (exact) mass is 400 g/mol. The minimum atomic E-state index is -0.577. The minimum Gasteiger partial charge on any atom is -0.378 e. The van der Waals surface area contributed by atoms with Crippen molar-refractivity contribution < 1.29 is 19.1 Å². The summed E-state index contributed by atoms with van der Waals surface area (Å²) < 4.78 is 5.76. The molecule has 2 saturated heterocycles. The van der Waals surface area contributed by atoms with Gasteiger partial charge in [0.2, 0.25) is 11.8 Å². The van der Waals surface area contributed by atoms with Crippen molar-refractivity contribution in [3.05, 3.63) is 34.9 Å². The number of nitrogens with one attached hydrogen (secondary N) is 3. The molecule has 0 aromatic heterocycles. The summed E-state index contributed by atoms with van der Waals surface area (Å²) in [6.07, 6.45) is 0.643. The standard InChI is InChI=1S/C21H28N4O4/c1-21(2)12-29-11-15(9-23-21)22-8-13-3-4-16-14(7-13)10-25(20(16)28)17-5-6-18(26)24-19(17)27/h3-4,7,15,17,22-23H,5-6,8-12H2,1-2H3,(H,24,26,27). The Morgan fingerprint density at radius 1 is 1.28 bits per heavy atom. The van der Waals surface area contributed by atoms with Crippen molar-refractivity contribution in [3.8, 4) is 0 Å². The molecule has 8 nitrogen and oxygen atoms in total. The van der Waals surface area contributed by atoms with Gasteiger partial charge in [0, 0.05) is 43.2 Å². The molecule has 0 radical (unpaired) electrons. The molecule has 3 amide bonds. The number of carbonyl (C=O) groups is 3. The Balaban J connectivity index is 1.39. The second-order valence-corrected chi connectivity index (χ2v) is 8.75. The molecule has 156 valence electrons. The fourth-order valence-corrected chi connectivity index (χ4v) is 4.10. The third-order valence-electron chi connectivity index (χ3n) is 5.79. The molecule has 3 aliphatic rings. The number of imide groups is 1. The van der Waals surface area contributed by atoms with Crippen LogP contribution in [0.15, 0.2) is 18.2 Å². The van der Waals surface area contributed by atoms with Crippen LogP contribution in [0.5, 0.6) is 0 Å². The number of amides is 3. The van der Waals surface area contributed by atoms with Crippen molar-refractivity contribution in [2.24, 2.45) is 0 Å². The van der Waals surface area contributed by atoms with Crippen LogP contribution in [0, 0.1) is 0 Å². The second kappa shape index (κ2) is 7.85. The smallest absolute Gasteiger partial charge is 0.255 e. The largest absolute Gasteiger partial charge is 0.378 e. The van der Waals surface area contributed by atoms with Gasteiger partial charge in [0.25, 0.3) is 5.91 Å². The molecule has 3 heterocycles. The minimum absolute atomic E-state index is 0.0240. The van der Waals surface area contributed by atoms with Crippen LogP contribution in [0.3, 0.4) is 0 Å². The maximum absolute atomic E-state index is 12.8. The maximum atomic E-state index is 12.8. The number of piperidine rings is 1. The normalized spacial score (nSPS) is 26.8. The summed E-state index contributed by atoms with van der Waals surface area (Å²) in [5.74, 6) is -0.796. The van der Waals surface area contributed by atoms with Gasteiger partial charge in [-0.1, -0.05) is 12.1 Å². The zero-order chi connectivity index (χ0) is 20.6. The topological polar surface area (TPSA) is 99.8 Å². The third-order valence-corrected chi connectivity index (χ3v) is 5.79. The van der Waals surface area contributed by atoms with E-state index < -0.39 is 6.04 Å². The van der Waals surface area contributed by atoms with E-state index in [2.05, 4.69) is 29.8 Å². The van der Waals surface area contributed by atoms with E-state index >= 15 is 0 Å². The Kier molecular flexibility index (Phi) is 5.42. The molecule has 8 heteroatoms. The number of hydrogen-bond acceptors (Lipinski definition) is 6. The second-order valence-electron chi connectivity index (χ2n) is 8.75. The average molecular weight is 400 g/mol. The van der Waals surface area contributed by atoms with E-state index in [0.717, 1.165) is 17.7 Å². The van der Waals surface area contributed by atoms with Crippen LogP contribution in [0.2, 0.25) is 0 Å². The van der Waals surface area contributed by atoms with Crippen LogP contribution < -0.4 is 16.0 Å². The summed E-state index contributed by atoms with van der Waals surface area (Å²) in [4.78, 5) is 37.9. The lowest BCUT2D eigenvalue weighted by molar-refractivity contribution is -0.136. The van der Waals surface area contributed by atoms with Crippen LogP contribution in [0.4, 0.5) is 0 Å². The van der Waals surface area contributed by atoms with Gasteiger partial charge in [-0.2, -0.15) is 0 Å². The van der Waals surface area contributed by atoms with Gasteiger partial charge in [-0.25, -0.2) is 0 Å². The first-order chi connectivity index (χ1) is 13.8. The zero-order valence-corrected chi connectivity index (χ0v) is 16.9. The first-order valence-electron chi connectivity index (χ1n) is 10.1. The van der Waals surface area contributed by atoms with E-state index in [4.69, 9.17) is 4.74 Å². The van der Waals surface area contributed by atoms with E-state index in [-0.39, 0.29) is 35.7 Å². The Morgan fingerprint density at radius 3 is 2.90 bits per heavy atom. The molecule has 2 unspecified atom stereocenters.